The molecule has 1 aliphatic carbocycles. The monoisotopic (exact) mass is 576 g/mol. The summed E-state index contributed by atoms with van der Waals surface area (Å²) in [7, 11) is 0. The molecule has 0 fully saturated rings. The zero-order valence-electron chi connectivity index (χ0n) is 24.2. The minimum atomic E-state index is -1.57. The molecule has 3 aromatic rings. The predicted octanol–water partition coefficient (Wildman–Crippen LogP) is 3.36. The van der Waals surface area contributed by atoms with E-state index in [-0.39, 0.29) is 54.4 Å². The highest BCUT2D eigenvalue weighted by atomic mass is 19.1. The molecule has 0 bridgehead atoms. The molecule has 3 atom stereocenters. The summed E-state index contributed by atoms with van der Waals surface area (Å²) >= 11 is 0. The number of nitrogens with one attached hydrogen (secondary N) is 2. The first-order valence-corrected chi connectivity index (χ1v) is 14.3. The molecule has 0 radical (unpaired) electrons. The van der Waals surface area contributed by atoms with E-state index in [2.05, 4.69) is 10.6 Å². The van der Waals surface area contributed by atoms with Gasteiger partial charge in [-0.05, 0) is 60.4 Å². The summed E-state index contributed by atoms with van der Waals surface area (Å²) < 4.78 is 22.1. The van der Waals surface area contributed by atoms with Gasteiger partial charge in [0.25, 0.3) is 5.56 Å². The number of ether oxygens (including phenoxy) is 1. The lowest BCUT2D eigenvalue weighted by Gasteiger charge is -2.39. The number of pyridine rings is 2. The Bertz CT molecular complexity index is 1780. The Hall–Kier alpha value is -4.12. The van der Waals surface area contributed by atoms with Crippen LogP contribution in [0.2, 0.25) is 0 Å². The molecule has 1 amide bonds. The first-order valence-electron chi connectivity index (χ1n) is 14.3. The molecule has 0 saturated heterocycles. The number of halogens is 1. The smallest absolute Gasteiger partial charge is 0.331 e. The van der Waals surface area contributed by atoms with Crippen LogP contribution in [0.4, 0.5) is 4.39 Å². The number of aliphatic carboxylic acids is 1. The second-order valence-corrected chi connectivity index (χ2v) is 11.9. The zero-order chi connectivity index (χ0) is 30.2. The van der Waals surface area contributed by atoms with Gasteiger partial charge in [-0.1, -0.05) is 20.8 Å². The van der Waals surface area contributed by atoms with Crippen LogP contribution in [-0.2, 0) is 44.2 Å². The minimum Gasteiger partial charge on any atom is -0.480 e. The van der Waals surface area contributed by atoms with Crippen LogP contribution in [0.3, 0.4) is 0 Å². The highest BCUT2D eigenvalue weighted by Gasteiger charge is 2.49. The molecule has 2 aromatic heterocycles. The van der Waals surface area contributed by atoms with Gasteiger partial charge in [0.05, 0.1) is 35.1 Å². The van der Waals surface area contributed by atoms with Crippen molar-refractivity contribution in [2.24, 2.45) is 5.92 Å². The van der Waals surface area contributed by atoms with Crippen molar-refractivity contribution in [3.8, 4) is 11.4 Å². The van der Waals surface area contributed by atoms with Gasteiger partial charge in [0.15, 0.2) is 0 Å². The third kappa shape index (κ3) is 3.89. The Morgan fingerprint density at radius 3 is 2.62 bits per heavy atom. The lowest BCUT2D eigenvalue weighted by atomic mass is 9.80. The number of cyclic esters (lactones) is 1. The lowest BCUT2D eigenvalue weighted by molar-refractivity contribution is -0.158. The van der Waals surface area contributed by atoms with Gasteiger partial charge in [0.2, 0.25) is 5.91 Å². The first-order chi connectivity index (χ1) is 19.9. The maximum absolute atomic E-state index is 15.1. The fourth-order valence-corrected chi connectivity index (χ4v) is 6.98. The van der Waals surface area contributed by atoms with Crippen LogP contribution in [0.5, 0.6) is 0 Å². The van der Waals surface area contributed by atoms with Crippen LogP contribution in [0.25, 0.3) is 22.3 Å². The minimum absolute atomic E-state index is 0.139. The summed E-state index contributed by atoms with van der Waals surface area (Å²) in [6.07, 6.45) is 1.28. The molecule has 4 heterocycles. The second kappa shape index (κ2) is 9.72. The highest BCUT2D eigenvalue weighted by molar-refractivity contribution is 5.94. The van der Waals surface area contributed by atoms with E-state index in [0.717, 1.165) is 22.1 Å². The molecule has 3 aliphatic rings. The van der Waals surface area contributed by atoms with Gasteiger partial charge in [-0.3, -0.25) is 19.7 Å². The largest absolute Gasteiger partial charge is 0.480 e. The number of esters is 1. The number of aromatic nitrogens is 2. The van der Waals surface area contributed by atoms with E-state index in [1.807, 2.05) is 0 Å². The first kappa shape index (κ1) is 28.0. The quantitative estimate of drug-likeness (QED) is 0.297. The van der Waals surface area contributed by atoms with Gasteiger partial charge in [-0.2, -0.15) is 0 Å². The SMILES string of the molecule is CC[C@@]1(N[C@H](C(=O)O)C(C)C)C(=O)OCc2c1cc1n(c2=O)Cc2c-1nc1cc(F)c(C)c3c1c2[C@@H](NC(C)=O)CC3. The molecule has 3 N–H and O–H groups in total. The molecule has 0 unspecified atom stereocenters. The van der Waals surface area contributed by atoms with E-state index in [1.54, 1.807) is 38.3 Å². The van der Waals surface area contributed by atoms with Gasteiger partial charge in [-0.25, -0.2) is 14.2 Å². The van der Waals surface area contributed by atoms with Crippen molar-refractivity contribution in [1.82, 2.24) is 20.2 Å². The van der Waals surface area contributed by atoms with Crippen molar-refractivity contribution in [2.75, 3.05) is 0 Å². The summed E-state index contributed by atoms with van der Waals surface area (Å²) in [6.45, 7) is 8.35. The topological polar surface area (TPSA) is 140 Å². The van der Waals surface area contributed by atoms with Gasteiger partial charge in [0.1, 0.15) is 24.0 Å². The molecule has 42 heavy (non-hydrogen) atoms. The number of carboxylic acids is 1. The van der Waals surface area contributed by atoms with Crippen LogP contribution < -0.4 is 16.2 Å². The number of carbonyl (C=O) groups excluding carboxylic acids is 2. The average molecular weight is 577 g/mol. The summed E-state index contributed by atoms with van der Waals surface area (Å²) in [4.78, 5) is 56.7. The lowest BCUT2D eigenvalue weighted by Crippen LogP contribution is -2.60. The zero-order valence-corrected chi connectivity index (χ0v) is 24.2. The predicted molar refractivity (Wildman–Crippen MR) is 151 cm³/mol. The van der Waals surface area contributed by atoms with Gasteiger partial charge in [-0.15, -0.1) is 0 Å². The fraction of sp³-hybridized carbons (Fsp3) is 0.452. The van der Waals surface area contributed by atoms with Crippen LogP contribution in [0.1, 0.15) is 80.0 Å². The van der Waals surface area contributed by atoms with Crippen LogP contribution >= 0.6 is 0 Å². The summed E-state index contributed by atoms with van der Waals surface area (Å²) in [5.74, 6) is -2.71. The Morgan fingerprint density at radius 2 is 1.98 bits per heavy atom. The van der Waals surface area contributed by atoms with Crippen molar-refractivity contribution in [3.05, 3.63) is 61.7 Å². The molecule has 2 aliphatic heterocycles. The standard InChI is InChI=1S/C31H33FN4O6/c1-6-31(35-26(13(2)3)29(39)40)19-9-23-27-17(11-36(23)28(38)18(19)12-42-30(31)41)25-21(33-15(5)37)8-7-16-14(4)20(32)10-22(34-27)24(16)25/h9-10,13,21,26,35H,6-8,11-12H2,1-5H3,(H,33,37)(H,39,40)/t21-,26-,31-/m0/s1. The molecule has 1 aromatic carbocycles. The molecule has 220 valence electrons. The number of fused-ring (bicyclic) bond motifs is 5. The third-order valence-electron chi connectivity index (χ3n) is 9.13. The Balaban J connectivity index is 1.63. The van der Waals surface area contributed by atoms with E-state index < -0.39 is 23.5 Å². The number of hydrogen-bond donors (Lipinski definition) is 3. The summed E-state index contributed by atoms with van der Waals surface area (Å²) in [5.41, 5.74) is 3.04. The van der Waals surface area contributed by atoms with Crippen LogP contribution in [-0.4, -0.2) is 38.5 Å². The molecular weight excluding hydrogens is 543 g/mol. The van der Waals surface area contributed by atoms with Crippen LogP contribution in [0.15, 0.2) is 16.9 Å². The second-order valence-electron chi connectivity index (χ2n) is 11.9. The van der Waals surface area contributed by atoms with Crippen molar-refractivity contribution in [3.63, 3.8) is 0 Å². The number of carboxylic acid groups (broad SMARTS) is 1. The van der Waals surface area contributed by atoms with Crippen molar-refractivity contribution < 1.29 is 28.6 Å². The average Bonchev–Trinajstić information content (AvgIpc) is 3.30. The van der Waals surface area contributed by atoms with Crippen molar-refractivity contribution >= 4 is 28.7 Å². The number of carbonyl (C=O) groups is 3. The van der Waals surface area contributed by atoms with E-state index in [0.29, 0.717) is 40.9 Å². The number of hydrogen-bond acceptors (Lipinski definition) is 7. The molecular formula is C31H33FN4O6. The Labute approximate surface area is 241 Å². The molecule has 11 heteroatoms. The number of amides is 1. The van der Waals surface area contributed by atoms with E-state index >= 15 is 4.39 Å². The fourth-order valence-electron chi connectivity index (χ4n) is 6.98. The molecule has 0 spiro atoms. The van der Waals surface area contributed by atoms with Crippen molar-refractivity contribution in [1.29, 1.82) is 0 Å². The summed E-state index contributed by atoms with van der Waals surface area (Å²) in [5, 5.41) is 16.8. The van der Waals surface area contributed by atoms with E-state index in [9.17, 15) is 24.3 Å². The van der Waals surface area contributed by atoms with Gasteiger partial charge in [0, 0.05) is 23.9 Å². The van der Waals surface area contributed by atoms with E-state index in [4.69, 9.17) is 9.72 Å². The van der Waals surface area contributed by atoms with Gasteiger partial charge >= 0.3 is 11.9 Å². The molecule has 10 nitrogen and oxygen atoms in total. The Kier molecular flexibility index (Phi) is 6.49. The number of benzene rings is 1. The maximum Gasteiger partial charge on any atom is 0.331 e. The number of rotatable bonds is 6. The normalized spacial score (nSPS) is 21.0. The summed E-state index contributed by atoms with van der Waals surface area (Å²) in [6, 6.07) is 1.69. The molecule has 0 saturated carbocycles. The number of aryl methyl sites for hydroxylation is 1. The van der Waals surface area contributed by atoms with Gasteiger partial charge < -0.3 is 19.7 Å². The van der Waals surface area contributed by atoms with Crippen LogP contribution in [0, 0.1) is 18.7 Å². The highest BCUT2D eigenvalue weighted by Crippen LogP contribution is 2.46. The number of nitrogens with zero attached hydrogens (tertiary/aromatic N) is 2. The molecule has 6 rings (SSSR count). The third-order valence-corrected chi connectivity index (χ3v) is 9.13. The maximum atomic E-state index is 15.1. The Morgan fingerprint density at radius 1 is 1.24 bits per heavy atom. The van der Waals surface area contributed by atoms with E-state index in [1.165, 1.54) is 13.0 Å². The van der Waals surface area contributed by atoms with Crippen molar-refractivity contribution in [2.45, 2.75) is 84.7 Å².